The normalized spacial score (nSPS) is 14.1. The molecule has 2 nitrogen and oxygen atoms in total. The quantitative estimate of drug-likeness (QED) is 0.852. The van der Waals surface area contributed by atoms with Gasteiger partial charge in [0.05, 0.1) is 6.10 Å². The van der Waals surface area contributed by atoms with Crippen LogP contribution in [-0.2, 0) is 0 Å². The standard InChI is InChI=1S/C18H22ClNO/c1-14(15-8-10-17(19)11-9-15)20(2)13-12-18(21)16-6-4-3-5-7-16/h3-11,14,18,21H,12-13H2,1-2H3. The van der Waals surface area contributed by atoms with Crippen molar-refractivity contribution >= 4 is 11.6 Å². The number of aliphatic hydroxyl groups is 1. The summed E-state index contributed by atoms with van der Waals surface area (Å²) in [6.07, 6.45) is 0.310. The molecule has 2 rings (SSSR count). The lowest BCUT2D eigenvalue weighted by Gasteiger charge is -2.26. The van der Waals surface area contributed by atoms with Gasteiger partial charge in [-0.05, 0) is 43.7 Å². The Kier molecular flexibility index (Phi) is 5.80. The summed E-state index contributed by atoms with van der Waals surface area (Å²) in [5.74, 6) is 0. The summed E-state index contributed by atoms with van der Waals surface area (Å²) in [6.45, 7) is 3.00. The summed E-state index contributed by atoms with van der Waals surface area (Å²) >= 11 is 5.92. The van der Waals surface area contributed by atoms with Gasteiger partial charge in [0.25, 0.3) is 0 Å². The van der Waals surface area contributed by atoms with E-state index in [4.69, 9.17) is 11.6 Å². The van der Waals surface area contributed by atoms with Crippen LogP contribution in [-0.4, -0.2) is 23.6 Å². The van der Waals surface area contributed by atoms with Crippen molar-refractivity contribution in [3.63, 3.8) is 0 Å². The van der Waals surface area contributed by atoms with Crippen LogP contribution in [0.25, 0.3) is 0 Å². The van der Waals surface area contributed by atoms with Crippen LogP contribution in [0.4, 0.5) is 0 Å². The molecule has 1 N–H and O–H groups in total. The van der Waals surface area contributed by atoms with Crippen LogP contribution in [0.3, 0.4) is 0 Å². The predicted octanol–water partition coefficient (Wildman–Crippen LogP) is 4.46. The summed E-state index contributed by atoms with van der Waals surface area (Å²) in [7, 11) is 2.08. The number of hydrogen-bond acceptors (Lipinski definition) is 2. The van der Waals surface area contributed by atoms with Gasteiger partial charge in [0, 0.05) is 17.6 Å². The molecule has 0 amide bonds. The molecule has 2 unspecified atom stereocenters. The van der Waals surface area contributed by atoms with Crippen LogP contribution in [0.5, 0.6) is 0 Å². The SMILES string of the molecule is CC(c1ccc(Cl)cc1)N(C)CCC(O)c1ccccc1. The zero-order valence-corrected chi connectivity index (χ0v) is 13.3. The third-order valence-corrected chi connectivity index (χ3v) is 4.21. The molecule has 0 aliphatic heterocycles. The third-order valence-electron chi connectivity index (χ3n) is 3.95. The lowest BCUT2D eigenvalue weighted by atomic mass is 10.0. The summed E-state index contributed by atoms with van der Waals surface area (Å²) in [4.78, 5) is 2.25. The first kappa shape index (κ1) is 16.0. The molecule has 112 valence electrons. The summed E-state index contributed by atoms with van der Waals surface area (Å²) in [5, 5.41) is 11.0. The van der Waals surface area contributed by atoms with E-state index in [1.54, 1.807) is 0 Å². The number of benzene rings is 2. The molecule has 0 heterocycles. The molecule has 0 aromatic heterocycles. The van der Waals surface area contributed by atoms with Crippen molar-refractivity contribution in [1.29, 1.82) is 0 Å². The topological polar surface area (TPSA) is 23.5 Å². The van der Waals surface area contributed by atoms with Gasteiger partial charge in [-0.25, -0.2) is 0 Å². The number of rotatable bonds is 6. The van der Waals surface area contributed by atoms with E-state index >= 15 is 0 Å². The van der Waals surface area contributed by atoms with E-state index in [2.05, 4.69) is 31.0 Å². The van der Waals surface area contributed by atoms with Crippen LogP contribution in [0.1, 0.15) is 36.6 Å². The molecule has 2 aromatic rings. The number of halogens is 1. The number of hydrogen-bond donors (Lipinski definition) is 1. The summed E-state index contributed by atoms with van der Waals surface area (Å²) < 4.78 is 0. The van der Waals surface area contributed by atoms with Crippen LogP contribution >= 0.6 is 11.6 Å². The number of nitrogens with zero attached hydrogens (tertiary/aromatic N) is 1. The lowest BCUT2D eigenvalue weighted by Crippen LogP contribution is -2.24. The van der Waals surface area contributed by atoms with Crippen molar-refractivity contribution in [2.75, 3.05) is 13.6 Å². The smallest absolute Gasteiger partial charge is 0.0802 e. The Morgan fingerprint density at radius 1 is 1.00 bits per heavy atom. The summed E-state index contributed by atoms with van der Waals surface area (Å²) in [5.41, 5.74) is 2.21. The fourth-order valence-corrected chi connectivity index (χ4v) is 2.48. The Balaban J connectivity index is 1.89. The molecular formula is C18H22ClNO. The second-order valence-electron chi connectivity index (χ2n) is 5.42. The maximum Gasteiger partial charge on any atom is 0.0802 e. The zero-order chi connectivity index (χ0) is 15.2. The fraction of sp³-hybridized carbons (Fsp3) is 0.333. The molecule has 0 aliphatic rings. The van der Waals surface area contributed by atoms with Gasteiger partial charge in [0.1, 0.15) is 0 Å². The Bertz CT molecular complexity index is 541. The van der Waals surface area contributed by atoms with Crippen LogP contribution in [0.15, 0.2) is 54.6 Å². The monoisotopic (exact) mass is 303 g/mol. The molecule has 0 radical (unpaired) electrons. The van der Waals surface area contributed by atoms with E-state index in [-0.39, 0.29) is 0 Å². The first-order chi connectivity index (χ1) is 10.1. The van der Waals surface area contributed by atoms with Crippen molar-refractivity contribution in [3.05, 3.63) is 70.7 Å². The van der Waals surface area contributed by atoms with Gasteiger partial charge in [0.15, 0.2) is 0 Å². The highest BCUT2D eigenvalue weighted by atomic mass is 35.5. The Labute approximate surface area is 132 Å². The molecule has 0 fully saturated rings. The molecule has 3 heteroatoms. The van der Waals surface area contributed by atoms with E-state index in [1.165, 1.54) is 5.56 Å². The maximum absolute atomic E-state index is 10.2. The third kappa shape index (κ3) is 4.57. The molecule has 2 aromatic carbocycles. The average Bonchev–Trinajstić information content (AvgIpc) is 2.53. The van der Waals surface area contributed by atoms with Crippen molar-refractivity contribution < 1.29 is 5.11 Å². The van der Waals surface area contributed by atoms with Gasteiger partial charge >= 0.3 is 0 Å². The van der Waals surface area contributed by atoms with E-state index in [1.807, 2.05) is 42.5 Å². The van der Waals surface area contributed by atoms with Crippen LogP contribution in [0, 0.1) is 0 Å². The lowest BCUT2D eigenvalue weighted by molar-refractivity contribution is 0.139. The Morgan fingerprint density at radius 3 is 2.24 bits per heavy atom. The molecule has 0 aliphatic carbocycles. The fourth-order valence-electron chi connectivity index (χ4n) is 2.36. The van der Waals surface area contributed by atoms with E-state index in [9.17, 15) is 5.11 Å². The summed E-state index contributed by atoms with van der Waals surface area (Å²) in [6, 6.07) is 18.0. The molecule has 0 bridgehead atoms. The minimum Gasteiger partial charge on any atom is -0.388 e. The van der Waals surface area contributed by atoms with Gasteiger partial charge in [-0.3, -0.25) is 4.90 Å². The largest absolute Gasteiger partial charge is 0.388 e. The van der Waals surface area contributed by atoms with Gasteiger partial charge in [0.2, 0.25) is 0 Å². The van der Waals surface area contributed by atoms with Crippen LogP contribution < -0.4 is 0 Å². The Morgan fingerprint density at radius 2 is 1.62 bits per heavy atom. The molecule has 21 heavy (non-hydrogen) atoms. The maximum atomic E-state index is 10.2. The predicted molar refractivity (Wildman–Crippen MR) is 88.5 cm³/mol. The average molecular weight is 304 g/mol. The highest BCUT2D eigenvalue weighted by Crippen LogP contribution is 2.23. The van der Waals surface area contributed by atoms with Gasteiger partial charge in [-0.15, -0.1) is 0 Å². The highest BCUT2D eigenvalue weighted by molar-refractivity contribution is 6.30. The van der Waals surface area contributed by atoms with Gasteiger partial charge < -0.3 is 5.11 Å². The second kappa shape index (κ2) is 7.60. The van der Waals surface area contributed by atoms with E-state index in [0.717, 1.165) is 23.6 Å². The second-order valence-corrected chi connectivity index (χ2v) is 5.86. The van der Waals surface area contributed by atoms with Gasteiger partial charge in [-0.2, -0.15) is 0 Å². The highest BCUT2D eigenvalue weighted by Gasteiger charge is 2.14. The first-order valence-electron chi connectivity index (χ1n) is 7.26. The molecular weight excluding hydrogens is 282 g/mol. The minimum absolute atomic E-state index is 0.297. The van der Waals surface area contributed by atoms with Crippen LogP contribution in [0.2, 0.25) is 5.02 Å². The molecule has 0 saturated heterocycles. The van der Waals surface area contributed by atoms with Crippen molar-refractivity contribution in [3.8, 4) is 0 Å². The zero-order valence-electron chi connectivity index (χ0n) is 12.5. The molecule has 2 atom stereocenters. The Hall–Kier alpha value is -1.35. The molecule has 0 spiro atoms. The molecule has 0 saturated carbocycles. The minimum atomic E-state index is -0.411. The van der Waals surface area contributed by atoms with Gasteiger partial charge in [-0.1, -0.05) is 54.1 Å². The van der Waals surface area contributed by atoms with E-state index in [0.29, 0.717) is 6.04 Å². The number of aliphatic hydroxyl groups excluding tert-OH is 1. The van der Waals surface area contributed by atoms with Crippen molar-refractivity contribution in [2.45, 2.75) is 25.5 Å². The van der Waals surface area contributed by atoms with Crippen molar-refractivity contribution in [1.82, 2.24) is 4.90 Å². The van der Waals surface area contributed by atoms with E-state index < -0.39 is 6.10 Å². The van der Waals surface area contributed by atoms with Crippen molar-refractivity contribution in [2.24, 2.45) is 0 Å². The first-order valence-corrected chi connectivity index (χ1v) is 7.64.